The van der Waals surface area contributed by atoms with E-state index < -0.39 is 0 Å². The Morgan fingerprint density at radius 1 is 1.10 bits per heavy atom. The summed E-state index contributed by atoms with van der Waals surface area (Å²) in [5, 5.41) is 3.34. The zero-order chi connectivity index (χ0) is 14.4. The van der Waals surface area contributed by atoms with Crippen molar-refractivity contribution in [2.24, 2.45) is 0 Å². The fraction of sp³-hybridized carbons (Fsp3) is 0.375. The van der Waals surface area contributed by atoms with Crippen LogP contribution in [-0.4, -0.2) is 16.5 Å². The molecule has 0 unspecified atom stereocenters. The Bertz CT molecular complexity index is 552. The van der Waals surface area contributed by atoms with Gasteiger partial charge in [0.05, 0.1) is 0 Å². The molecule has 2 rings (SSSR count). The Hall–Kier alpha value is -1.42. The molecule has 0 radical (unpaired) electrons. The summed E-state index contributed by atoms with van der Waals surface area (Å²) >= 11 is 3.44. The Balaban J connectivity index is 1.70. The molecular formula is C16H20BrN3. The third kappa shape index (κ3) is 4.60. The molecule has 0 aliphatic heterocycles. The molecule has 0 bridgehead atoms. The normalized spacial score (nSPS) is 10.6. The summed E-state index contributed by atoms with van der Waals surface area (Å²) in [6.07, 6.45) is 7.04. The molecule has 0 saturated carbocycles. The summed E-state index contributed by atoms with van der Waals surface area (Å²) < 4.78 is 1.05. The molecule has 0 aromatic carbocycles. The number of nitrogens with one attached hydrogen (secondary N) is 1. The number of pyridine rings is 2. The van der Waals surface area contributed by atoms with Crippen molar-refractivity contribution in [1.29, 1.82) is 0 Å². The van der Waals surface area contributed by atoms with E-state index in [4.69, 9.17) is 0 Å². The zero-order valence-corrected chi connectivity index (χ0v) is 13.6. The number of anilines is 1. The average Bonchev–Trinajstić information content (AvgIpc) is 2.42. The summed E-state index contributed by atoms with van der Waals surface area (Å²) in [5.74, 6) is 0.952. The second kappa shape index (κ2) is 7.39. The van der Waals surface area contributed by atoms with E-state index in [9.17, 15) is 0 Å². The lowest BCUT2D eigenvalue weighted by atomic mass is 10.1. The number of aryl methyl sites for hydroxylation is 3. The van der Waals surface area contributed by atoms with E-state index in [0.717, 1.165) is 36.1 Å². The first-order valence-electron chi connectivity index (χ1n) is 6.93. The van der Waals surface area contributed by atoms with Crippen LogP contribution in [0.25, 0.3) is 0 Å². The summed E-state index contributed by atoms with van der Waals surface area (Å²) in [4.78, 5) is 8.79. The van der Waals surface area contributed by atoms with Gasteiger partial charge in [-0.2, -0.15) is 0 Å². The minimum absolute atomic E-state index is 0.950. The highest BCUT2D eigenvalue weighted by atomic mass is 79.9. The SMILES string of the molecule is Cc1ccc(NCCCCc2ncc(Br)cc2C)nc1. The zero-order valence-electron chi connectivity index (χ0n) is 12.0. The van der Waals surface area contributed by atoms with Crippen LogP contribution in [0.5, 0.6) is 0 Å². The largest absolute Gasteiger partial charge is 0.370 e. The lowest BCUT2D eigenvalue weighted by Crippen LogP contribution is -2.04. The number of unbranched alkanes of at least 4 members (excludes halogenated alkanes) is 1. The number of rotatable bonds is 6. The monoisotopic (exact) mass is 333 g/mol. The van der Waals surface area contributed by atoms with Gasteiger partial charge >= 0.3 is 0 Å². The Morgan fingerprint density at radius 2 is 1.95 bits per heavy atom. The van der Waals surface area contributed by atoms with Gasteiger partial charge in [-0.25, -0.2) is 4.98 Å². The van der Waals surface area contributed by atoms with Crippen molar-refractivity contribution in [3.8, 4) is 0 Å². The molecule has 106 valence electrons. The molecule has 0 spiro atoms. The smallest absolute Gasteiger partial charge is 0.125 e. The molecule has 20 heavy (non-hydrogen) atoms. The van der Waals surface area contributed by atoms with Crippen molar-refractivity contribution in [2.45, 2.75) is 33.1 Å². The molecule has 0 amide bonds. The molecule has 2 heterocycles. The standard InChI is InChI=1S/C16H20BrN3/c1-12-6-7-16(20-10-12)18-8-4-3-5-15-13(2)9-14(17)11-19-15/h6-7,9-11H,3-5,8H2,1-2H3,(H,18,20). The fourth-order valence-electron chi connectivity index (χ4n) is 2.04. The maximum atomic E-state index is 4.46. The van der Waals surface area contributed by atoms with Crippen LogP contribution >= 0.6 is 15.9 Å². The van der Waals surface area contributed by atoms with E-state index in [0.29, 0.717) is 0 Å². The van der Waals surface area contributed by atoms with Gasteiger partial charge in [0.1, 0.15) is 5.82 Å². The maximum Gasteiger partial charge on any atom is 0.125 e. The molecule has 4 heteroatoms. The van der Waals surface area contributed by atoms with Crippen LogP contribution in [-0.2, 0) is 6.42 Å². The maximum absolute atomic E-state index is 4.46. The van der Waals surface area contributed by atoms with Crippen LogP contribution in [0, 0.1) is 13.8 Å². The van der Waals surface area contributed by atoms with Crippen molar-refractivity contribution < 1.29 is 0 Å². The number of hydrogen-bond acceptors (Lipinski definition) is 3. The molecule has 2 aromatic rings. The average molecular weight is 334 g/mol. The Kier molecular flexibility index (Phi) is 5.53. The number of halogens is 1. The molecule has 0 fully saturated rings. The molecule has 0 aliphatic rings. The van der Waals surface area contributed by atoms with Crippen LogP contribution in [0.4, 0.5) is 5.82 Å². The first-order valence-corrected chi connectivity index (χ1v) is 7.72. The van der Waals surface area contributed by atoms with Crippen LogP contribution in [0.2, 0.25) is 0 Å². The van der Waals surface area contributed by atoms with Gasteiger partial charge in [-0.3, -0.25) is 4.98 Å². The second-order valence-corrected chi connectivity index (χ2v) is 5.94. The molecule has 0 aliphatic carbocycles. The second-order valence-electron chi connectivity index (χ2n) is 5.02. The predicted octanol–water partition coefficient (Wildman–Crippen LogP) is 4.29. The molecular weight excluding hydrogens is 314 g/mol. The summed E-state index contributed by atoms with van der Waals surface area (Å²) in [7, 11) is 0. The third-order valence-corrected chi connectivity index (χ3v) is 3.64. The lowest BCUT2D eigenvalue weighted by Gasteiger charge is -2.07. The van der Waals surface area contributed by atoms with E-state index >= 15 is 0 Å². The van der Waals surface area contributed by atoms with Crippen LogP contribution in [0.15, 0.2) is 35.1 Å². The Labute approximate surface area is 129 Å². The summed E-state index contributed by atoms with van der Waals surface area (Å²) in [6.45, 7) is 5.11. The third-order valence-electron chi connectivity index (χ3n) is 3.21. The molecule has 0 atom stereocenters. The highest BCUT2D eigenvalue weighted by Crippen LogP contribution is 2.14. The number of hydrogen-bond donors (Lipinski definition) is 1. The van der Waals surface area contributed by atoms with Gasteiger partial charge in [0.2, 0.25) is 0 Å². The Morgan fingerprint density at radius 3 is 2.65 bits per heavy atom. The van der Waals surface area contributed by atoms with Gasteiger partial charge in [0, 0.05) is 29.1 Å². The summed E-state index contributed by atoms with van der Waals surface area (Å²) in [5.41, 5.74) is 3.64. The minimum atomic E-state index is 0.950. The van der Waals surface area contributed by atoms with E-state index in [1.807, 2.05) is 25.4 Å². The van der Waals surface area contributed by atoms with Gasteiger partial charge in [0.15, 0.2) is 0 Å². The van der Waals surface area contributed by atoms with Gasteiger partial charge in [-0.05, 0) is 72.3 Å². The van der Waals surface area contributed by atoms with E-state index in [1.165, 1.54) is 16.8 Å². The van der Waals surface area contributed by atoms with Crippen molar-refractivity contribution >= 4 is 21.7 Å². The first kappa shape index (κ1) is 15.0. The summed E-state index contributed by atoms with van der Waals surface area (Å²) in [6, 6.07) is 6.22. The fourth-order valence-corrected chi connectivity index (χ4v) is 2.48. The van der Waals surface area contributed by atoms with Gasteiger partial charge in [-0.1, -0.05) is 6.07 Å². The predicted molar refractivity (Wildman–Crippen MR) is 87.1 cm³/mol. The van der Waals surface area contributed by atoms with Crippen molar-refractivity contribution in [1.82, 2.24) is 9.97 Å². The number of aromatic nitrogens is 2. The van der Waals surface area contributed by atoms with E-state index in [-0.39, 0.29) is 0 Å². The molecule has 2 aromatic heterocycles. The molecule has 0 saturated heterocycles. The van der Waals surface area contributed by atoms with Crippen molar-refractivity contribution in [2.75, 3.05) is 11.9 Å². The van der Waals surface area contributed by atoms with E-state index in [1.54, 1.807) is 0 Å². The molecule has 3 nitrogen and oxygen atoms in total. The van der Waals surface area contributed by atoms with Gasteiger partial charge < -0.3 is 5.32 Å². The van der Waals surface area contributed by atoms with Crippen LogP contribution < -0.4 is 5.32 Å². The van der Waals surface area contributed by atoms with E-state index in [2.05, 4.69) is 50.3 Å². The van der Waals surface area contributed by atoms with Crippen molar-refractivity contribution in [3.63, 3.8) is 0 Å². The van der Waals surface area contributed by atoms with Gasteiger partial charge in [-0.15, -0.1) is 0 Å². The highest BCUT2D eigenvalue weighted by Gasteiger charge is 2.01. The first-order chi connectivity index (χ1) is 9.65. The minimum Gasteiger partial charge on any atom is -0.370 e. The highest BCUT2D eigenvalue weighted by molar-refractivity contribution is 9.10. The van der Waals surface area contributed by atoms with Crippen LogP contribution in [0.1, 0.15) is 29.7 Å². The van der Waals surface area contributed by atoms with Crippen LogP contribution in [0.3, 0.4) is 0 Å². The lowest BCUT2D eigenvalue weighted by molar-refractivity contribution is 0.743. The topological polar surface area (TPSA) is 37.8 Å². The number of nitrogens with zero attached hydrogens (tertiary/aromatic N) is 2. The van der Waals surface area contributed by atoms with Crippen molar-refractivity contribution in [3.05, 3.63) is 51.9 Å². The molecule has 1 N–H and O–H groups in total. The van der Waals surface area contributed by atoms with Gasteiger partial charge in [0.25, 0.3) is 0 Å². The quantitative estimate of drug-likeness (QED) is 0.801.